The summed E-state index contributed by atoms with van der Waals surface area (Å²) in [6, 6.07) is 5.07. The monoisotopic (exact) mass is 311 g/mol. The molecule has 0 aromatic heterocycles. The van der Waals surface area contributed by atoms with Crippen LogP contribution < -0.4 is 11.1 Å². The van der Waals surface area contributed by atoms with Crippen LogP contribution in [0.1, 0.15) is 25.7 Å². The number of nitrogens with zero attached hydrogens (tertiary/aromatic N) is 1. The van der Waals surface area contributed by atoms with Gasteiger partial charge in [-0.2, -0.15) is 0 Å². The number of nitrogen functional groups attached to an aromatic ring is 1. The summed E-state index contributed by atoms with van der Waals surface area (Å²) >= 11 is 6.05. The number of hydrogen-bond acceptors (Lipinski definition) is 4. The minimum Gasteiger partial charge on any atom is -0.399 e. The molecule has 2 rings (SSSR count). The largest absolute Gasteiger partial charge is 0.399 e. The Morgan fingerprint density at radius 3 is 2.95 bits per heavy atom. The molecule has 1 heterocycles. The molecule has 1 aliphatic rings. The summed E-state index contributed by atoms with van der Waals surface area (Å²) in [5.41, 5.74) is 6.75. The van der Waals surface area contributed by atoms with E-state index in [0.29, 0.717) is 16.4 Å². The third kappa shape index (κ3) is 4.59. The van der Waals surface area contributed by atoms with Crippen LogP contribution >= 0.6 is 11.6 Å². The molecular formula is C15H22ClN3O2. The number of likely N-dealkylation sites (tertiary alicyclic amines) is 1. The molecule has 1 aliphatic heterocycles. The fraction of sp³-hybridized carbons (Fsp3) is 0.533. The van der Waals surface area contributed by atoms with Crippen LogP contribution in [0.2, 0.25) is 5.02 Å². The summed E-state index contributed by atoms with van der Waals surface area (Å²) in [5.74, 6) is -0.123. The summed E-state index contributed by atoms with van der Waals surface area (Å²) in [7, 11) is 0. The van der Waals surface area contributed by atoms with Crippen LogP contribution in [0.5, 0.6) is 0 Å². The number of carbonyl (C=O) groups excluding carboxylic acids is 1. The third-order valence-corrected chi connectivity index (χ3v) is 4.14. The first-order chi connectivity index (χ1) is 10.1. The third-order valence-electron chi connectivity index (χ3n) is 3.82. The van der Waals surface area contributed by atoms with Crippen LogP contribution in [0.4, 0.5) is 11.4 Å². The fourth-order valence-electron chi connectivity index (χ4n) is 2.66. The van der Waals surface area contributed by atoms with Crippen molar-refractivity contribution in [3.8, 4) is 0 Å². The van der Waals surface area contributed by atoms with Gasteiger partial charge in [0.1, 0.15) is 0 Å². The van der Waals surface area contributed by atoms with Crippen molar-refractivity contribution < 1.29 is 9.90 Å². The lowest BCUT2D eigenvalue weighted by Gasteiger charge is -2.27. The van der Waals surface area contributed by atoms with Crippen LogP contribution in [0, 0.1) is 0 Å². The average molecular weight is 312 g/mol. The van der Waals surface area contributed by atoms with Crippen molar-refractivity contribution in [2.45, 2.75) is 31.7 Å². The van der Waals surface area contributed by atoms with E-state index in [4.69, 9.17) is 17.3 Å². The number of halogens is 1. The summed E-state index contributed by atoms with van der Waals surface area (Å²) < 4.78 is 0. The Bertz CT molecular complexity index is 496. The first-order valence-electron chi connectivity index (χ1n) is 7.30. The van der Waals surface area contributed by atoms with Gasteiger partial charge in [-0.3, -0.25) is 9.69 Å². The van der Waals surface area contributed by atoms with Gasteiger partial charge in [-0.15, -0.1) is 0 Å². The molecule has 0 saturated carbocycles. The summed E-state index contributed by atoms with van der Waals surface area (Å²) in [6.07, 6.45) is 4.25. The molecule has 0 aliphatic carbocycles. The number of aliphatic hydroxyl groups excluding tert-OH is 1. The topological polar surface area (TPSA) is 78.6 Å². The zero-order valence-corrected chi connectivity index (χ0v) is 12.8. The molecule has 116 valence electrons. The van der Waals surface area contributed by atoms with Crippen molar-refractivity contribution in [2.75, 3.05) is 30.7 Å². The molecule has 6 heteroatoms. The number of rotatable bonds is 4. The van der Waals surface area contributed by atoms with Gasteiger partial charge in [-0.05, 0) is 37.6 Å². The number of hydrogen-bond donors (Lipinski definition) is 3. The van der Waals surface area contributed by atoms with Crippen LogP contribution in [-0.4, -0.2) is 41.7 Å². The molecule has 1 fully saturated rings. The molecule has 0 radical (unpaired) electrons. The quantitative estimate of drug-likeness (QED) is 0.744. The Morgan fingerprint density at radius 1 is 1.43 bits per heavy atom. The lowest BCUT2D eigenvalue weighted by atomic mass is 10.1. The molecule has 1 amide bonds. The van der Waals surface area contributed by atoms with Crippen molar-refractivity contribution in [3.05, 3.63) is 23.2 Å². The minimum atomic E-state index is -0.123. The Labute approximate surface area is 130 Å². The van der Waals surface area contributed by atoms with E-state index in [9.17, 15) is 9.90 Å². The van der Waals surface area contributed by atoms with Gasteiger partial charge >= 0.3 is 0 Å². The molecule has 5 nitrogen and oxygen atoms in total. The maximum atomic E-state index is 12.2. The van der Waals surface area contributed by atoms with E-state index in [1.165, 1.54) is 0 Å². The summed E-state index contributed by atoms with van der Waals surface area (Å²) in [6.45, 7) is 1.20. The van der Waals surface area contributed by atoms with Gasteiger partial charge < -0.3 is 16.2 Å². The maximum absolute atomic E-state index is 12.2. The van der Waals surface area contributed by atoms with Crippen molar-refractivity contribution >= 4 is 28.9 Å². The number of nitrogens with one attached hydrogen (secondary N) is 1. The zero-order chi connectivity index (χ0) is 15.2. The smallest absolute Gasteiger partial charge is 0.238 e. The first-order valence-corrected chi connectivity index (χ1v) is 7.67. The lowest BCUT2D eigenvalue weighted by molar-refractivity contribution is -0.118. The van der Waals surface area contributed by atoms with E-state index in [1.54, 1.807) is 18.2 Å². The van der Waals surface area contributed by atoms with Gasteiger partial charge in [0.05, 0.1) is 23.9 Å². The predicted molar refractivity (Wildman–Crippen MR) is 85.4 cm³/mol. The number of benzene rings is 1. The number of aliphatic hydroxyl groups is 1. The highest BCUT2D eigenvalue weighted by Crippen LogP contribution is 2.24. The Kier molecular flexibility index (Phi) is 5.85. The van der Waals surface area contributed by atoms with E-state index in [-0.39, 0.29) is 25.1 Å². The van der Waals surface area contributed by atoms with Gasteiger partial charge in [0.2, 0.25) is 5.91 Å². The SMILES string of the molecule is Nc1ccc(NC(=O)CN2CCCCCC2CO)c(Cl)c1. The highest BCUT2D eigenvalue weighted by Gasteiger charge is 2.22. The fourth-order valence-corrected chi connectivity index (χ4v) is 2.89. The van der Waals surface area contributed by atoms with Crippen LogP contribution in [0.3, 0.4) is 0 Å². The Hall–Kier alpha value is -1.30. The standard InChI is InChI=1S/C15H22ClN3O2/c16-13-8-11(17)5-6-14(13)18-15(21)9-19-7-3-1-2-4-12(19)10-20/h5-6,8,12,20H,1-4,7,9-10,17H2,(H,18,21). The molecule has 1 atom stereocenters. The average Bonchev–Trinajstić information content (AvgIpc) is 2.67. The second kappa shape index (κ2) is 7.64. The van der Waals surface area contributed by atoms with Crippen molar-refractivity contribution in [1.82, 2.24) is 4.90 Å². The molecule has 1 aromatic rings. The Morgan fingerprint density at radius 2 is 2.24 bits per heavy atom. The molecule has 4 N–H and O–H groups in total. The zero-order valence-electron chi connectivity index (χ0n) is 12.0. The molecule has 1 saturated heterocycles. The molecule has 21 heavy (non-hydrogen) atoms. The maximum Gasteiger partial charge on any atom is 0.238 e. The number of amides is 1. The van der Waals surface area contributed by atoms with Gasteiger partial charge in [0, 0.05) is 11.7 Å². The Balaban J connectivity index is 1.96. The van der Waals surface area contributed by atoms with Gasteiger partial charge in [-0.25, -0.2) is 0 Å². The molecular weight excluding hydrogens is 290 g/mol. The van der Waals surface area contributed by atoms with Crippen LogP contribution in [0.15, 0.2) is 18.2 Å². The van der Waals surface area contributed by atoms with Crippen LogP contribution in [-0.2, 0) is 4.79 Å². The molecule has 1 aromatic carbocycles. The minimum absolute atomic E-state index is 0.0696. The van der Waals surface area contributed by atoms with Gasteiger partial charge in [0.25, 0.3) is 0 Å². The molecule has 0 bridgehead atoms. The second-order valence-electron chi connectivity index (χ2n) is 5.44. The van der Waals surface area contributed by atoms with E-state index >= 15 is 0 Å². The first kappa shape index (κ1) is 16.1. The number of nitrogens with two attached hydrogens (primary N) is 1. The summed E-state index contributed by atoms with van der Waals surface area (Å²) in [4.78, 5) is 14.2. The normalized spacial score (nSPS) is 20.0. The van der Waals surface area contributed by atoms with E-state index in [0.717, 1.165) is 32.2 Å². The highest BCUT2D eigenvalue weighted by atomic mass is 35.5. The van der Waals surface area contributed by atoms with Gasteiger partial charge in [-0.1, -0.05) is 24.4 Å². The van der Waals surface area contributed by atoms with Crippen molar-refractivity contribution in [3.63, 3.8) is 0 Å². The van der Waals surface area contributed by atoms with E-state index in [2.05, 4.69) is 5.32 Å². The van der Waals surface area contributed by atoms with Crippen molar-refractivity contribution in [2.24, 2.45) is 0 Å². The highest BCUT2D eigenvalue weighted by molar-refractivity contribution is 6.34. The van der Waals surface area contributed by atoms with E-state index < -0.39 is 0 Å². The van der Waals surface area contributed by atoms with Crippen LogP contribution in [0.25, 0.3) is 0 Å². The second-order valence-corrected chi connectivity index (χ2v) is 5.85. The van der Waals surface area contributed by atoms with E-state index in [1.807, 2.05) is 4.90 Å². The predicted octanol–water partition coefficient (Wildman–Crippen LogP) is 2.10. The van der Waals surface area contributed by atoms with Gasteiger partial charge in [0.15, 0.2) is 0 Å². The van der Waals surface area contributed by atoms with Crippen molar-refractivity contribution in [1.29, 1.82) is 0 Å². The summed E-state index contributed by atoms with van der Waals surface area (Å²) in [5, 5.41) is 12.7. The lowest BCUT2D eigenvalue weighted by Crippen LogP contribution is -2.42. The number of carbonyl (C=O) groups is 1. The molecule has 0 spiro atoms. The molecule has 1 unspecified atom stereocenters. The number of anilines is 2.